The van der Waals surface area contributed by atoms with Crippen molar-refractivity contribution in [3.8, 4) is 0 Å². The van der Waals surface area contributed by atoms with Crippen LogP contribution in [0.4, 0.5) is 0 Å². The Bertz CT molecular complexity index is 1070. The molecule has 1 saturated heterocycles. The SMILES string of the molecule is C=C(N[C@H](C)c1ccc2ccc(/C=C/C3(C(=O)O)CCOC(C)(C)C3)cc2n1)OC(C)(C)C. The van der Waals surface area contributed by atoms with Gasteiger partial charge in [-0.1, -0.05) is 30.4 Å². The van der Waals surface area contributed by atoms with Crippen LogP contribution in [0.2, 0.25) is 0 Å². The van der Waals surface area contributed by atoms with Crippen molar-refractivity contribution in [2.75, 3.05) is 6.61 Å². The molecule has 3 rings (SSSR count). The third-order valence-corrected chi connectivity index (χ3v) is 5.79. The number of hydrogen-bond acceptors (Lipinski definition) is 5. The van der Waals surface area contributed by atoms with Gasteiger partial charge in [-0.05, 0) is 78.7 Å². The van der Waals surface area contributed by atoms with Crippen LogP contribution in [0.15, 0.2) is 48.9 Å². The first kappa shape index (κ1) is 24.8. The van der Waals surface area contributed by atoms with Crippen LogP contribution in [0.1, 0.15) is 71.7 Å². The molecule has 1 aliphatic heterocycles. The van der Waals surface area contributed by atoms with E-state index in [0.717, 1.165) is 22.2 Å². The molecular weight excluding hydrogens is 416 g/mol. The predicted octanol–water partition coefficient (Wildman–Crippen LogP) is 5.84. The molecular formula is C27H36N2O4. The zero-order valence-electron chi connectivity index (χ0n) is 20.6. The summed E-state index contributed by atoms with van der Waals surface area (Å²) in [4.78, 5) is 17.0. The van der Waals surface area contributed by atoms with E-state index in [1.54, 1.807) is 0 Å². The van der Waals surface area contributed by atoms with Crippen LogP contribution in [0.25, 0.3) is 17.0 Å². The van der Waals surface area contributed by atoms with Crippen molar-refractivity contribution in [2.24, 2.45) is 5.41 Å². The number of hydrogen-bond donors (Lipinski definition) is 2. The molecule has 6 heteroatoms. The number of benzene rings is 1. The Hall–Kier alpha value is -2.86. The van der Waals surface area contributed by atoms with E-state index in [4.69, 9.17) is 14.5 Å². The van der Waals surface area contributed by atoms with Gasteiger partial charge in [-0.25, -0.2) is 0 Å². The largest absolute Gasteiger partial charge is 0.481 e. The normalized spacial score (nSPS) is 21.6. The first-order valence-corrected chi connectivity index (χ1v) is 11.4. The van der Waals surface area contributed by atoms with Crippen LogP contribution in [0, 0.1) is 5.41 Å². The fraction of sp³-hybridized carbons (Fsp3) is 0.481. The van der Waals surface area contributed by atoms with Gasteiger partial charge >= 0.3 is 5.97 Å². The summed E-state index contributed by atoms with van der Waals surface area (Å²) in [5, 5.41) is 14.2. The Kier molecular flexibility index (Phi) is 6.89. The van der Waals surface area contributed by atoms with Crippen molar-refractivity contribution >= 4 is 22.9 Å². The number of nitrogens with one attached hydrogen (secondary N) is 1. The van der Waals surface area contributed by atoms with E-state index < -0.39 is 17.0 Å². The summed E-state index contributed by atoms with van der Waals surface area (Å²) < 4.78 is 11.5. The van der Waals surface area contributed by atoms with E-state index in [1.165, 1.54) is 0 Å². The van der Waals surface area contributed by atoms with Crippen molar-refractivity contribution in [1.29, 1.82) is 0 Å². The summed E-state index contributed by atoms with van der Waals surface area (Å²) in [5.74, 6) is -0.305. The molecule has 2 heterocycles. The van der Waals surface area contributed by atoms with Gasteiger partial charge in [0, 0.05) is 12.0 Å². The van der Waals surface area contributed by atoms with Gasteiger partial charge in [0.25, 0.3) is 0 Å². The van der Waals surface area contributed by atoms with Gasteiger partial charge in [0.1, 0.15) is 5.60 Å². The highest BCUT2D eigenvalue weighted by atomic mass is 16.5. The fourth-order valence-electron chi connectivity index (χ4n) is 4.27. The summed E-state index contributed by atoms with van der Waals surface area (Å²) in [7, 11) is 0. The summed E-state index contributed by atoms with van der Waals surface area (Å²) in [6.07, 6.45) is 4.61. The number of ether oxygens (including phenoxy) is 2. The zero-order chi connectivity index (χ0) is 24.4. The molecule has 6 nitrogen and oxygen atoms in total. The smallest absolute Gasteiger partial charge is 0.313 e. The van der Waals surface area contributed by atoms with Gasteiger partial charge in [0.05, 0.1) is 28.3 Å². The molecule has 178 valence electrons. The lowest BCUT2D eigenvalue weighted by molar-refractivity contribution is -0.160. The third-order valence-electron chi connectivity index (χ3n) is 5.79. The number of fused-ring (bicyclic) bond motifs is 1. The first-order chi connectivity index (χ1) is 15.3. The lowest BCUT2D eigenvalue weighted by Crippen LogP contribution is -2.44. The van der Waals surface area contributed by atoms with E-state index in [9.17, 15) is 9.90 Å². The molecule has 1 aromatic carbocycles. The fourth-order valence-corrected chi connectivity index (χ4v) is 4.27. The summed E-state index contributed by atoms with van der Waals surface area (Å²) in [5.41, 5.74) is 0.910. The van der Waals surface area contributed by atoms with E-state index >= 15 is 0 Å². The van der Waals surface area contributed by atoms with Gasteiger partial charge in [0.15, 0.2) is 5.88 Å². The van der Waals surface area contributed by atoms with Crippen molar-refractivity contribution in [2.45, 2.75) is 71.6 Å². The standard InChI is InChI=1S/C27H36N2O4/c1-18(28-19(2)33-25(3,4)5)22-11-10-21-9-8-20(16-23(21)29-22)12-13-27(24(30)31)14-15-32-26(6,7)17-27/h8-13,16,18,28H,2,14-15,17H2,1,3-7H3,(H,30,31)/b13-12+/t18-,27?/m1/s1. The summed E-state index contributed by atoms with van der Waals surface area (Å²) >= 11 is 0. The number of pyridine rings is 1. The maximum atomic E-state index is 12.1. The van der Waals surface area contributed by atoms with E-state index in [2.05, 4.69) is 11.9 Å². The highest BCUT2D eigenvalue weighted by molar-refractivity contribution is 5.83. The second-order valence-corrected chi connectivity index (χ2v) is 10.5. The molecule has 0 radical (unpaired) electrons. The number of aliphatic carboxylic acids is 1. The van der Waals surface area contributed by atoms with Crippen molar-refractivity contribution in [3.05, 3.63) is 60.1 Å². The van der Waals surface area contributed by atoms with Gasteiger partial charge in [-0.2, -0.15) is 0 Å². The molecule has 1 unspecified atom stereocenters. The van der Waals surface area contributed by atoms with Gasteiger partial charge < -0.3 is 19.9 Å². The lowest BCUT2D eigenvalue weighted by Gasteiger charge is -2.40. The maximum absolute atomic E-state index is 12.1. The Morgan fingerprint density at radius 3 is 2.64 bits per heavy atom. The Balaban J connectivity index is 1.83. The Morgan fingerprint density at radius 1 is 1.30 bits per heavy atom. The highest BCUT2D eigenvalue weighted by Crippen LogP contribution is 2.41. The van der Waals surface area contributed by atoms with Crippen LogP contribution in [-0.4, -0.2) is 33.9 Å². The Labute approximate surface area is 196 Å². The van der Waals surface area contributed by atoms with Crippen molar-refractivity contribution < 1.29 is 19.4 Å². The molecule has 2 aromatic rings. The molecule has 0 spiro atoms. The molecule has 33 heavy (non-hydrogen) atoms. The van der Waals surface area contributed by atoms with Crippen molar-refractivity contribution in [1.82, 2.24) is 10.3 Å². The third kappa shape index (κ3) is 6.35. The topological polar surface area (TPSA) is 80.7 Å². The van der Waals surface area contributed by atoms with E-state index in [1.807, 2.05) is 84.0 Å². The van der Waals surface area contributed by atoms with Gasteiger partial charge in [0.2, 0.25) is 0 Å². The molecule has 2 N–H and O–H groups in total. The van der Waals surface area contributed by atoms with Gasteiger partial charge in [-0.15, -0.1) is 0 Å². The minimum absolute atomic E-state index is 0.0804. The van der Waals surface area contributed by atoms with Crippen LogP contribution >= 0.6 is 0 Å². The summed E-state index contributed by atoms with van der Waals surface area (Å²) in [6, 6.07) is 9.93. The molecule has 0 bridgehead atoms. The maximum Gasteiger partial charge on any atom is 0.313 e. The predicted molar refractivity (Wildman–Crippen MR) is 132 cm³/mol. The van der Waals surface area contributed by atoms with E-state index in [0.29, 0.717) is 25.3 Å². The number of aromatic nitrogens is 1. The zero-order valence-corrected chi connectivity index (χ0v) is 20.6. The minimum atomic E-state index is -0.933. The number of carboxylic acids is 1. The number of nitrogens with zero attached hydrogens (tertiary/aromatic N) is 1. The quantitative estimate of drug-likeness (QED) is 0.513. The monoisotopic (exact) mass is 452 g/mol. The van der Waals surface area contributed by atoms with Crippen molar-refractivity contribution in [3.63, 3.8) is 0 Å². The lowest BCUT2D eigenvalue weighted by atomic mass is 9.73. The van der Waals surface area contributed by atoms with Crippen LogP contribution in [0.5, 0.6) is 0 Å². The second-order valence-electron chi connectivity index (χ2n) is 10.5. The molecule has 1 fully saturated rings. The van der Waals surface area contributed by atoms with Gasteiger partial charge in [-0.3, -0.25) is 9.78 Å². The van der Waals surface area contributed by atoms with Crippen LogP contribution in [-0.2, 0) is 14.3 Å². The molecule has 0 amide bonds. The number of carboxylic acid groups (broad SMARTS) is 1. The average molecular weight is 453 g/mol. The Morgan fingerprint density at radius 2 is 2.00 bits per heavy atom. The molecule has 2 atom stereocenters. The number of carbonyl (C=O) groups is 1. The minimum Gasteiger partial charge on any atom is -0.481 e. The molecule has 0 aliphatic carbocycles. The first-order valence-electron chi connectivity index (χ1n) is 11.4. The molecule has 0 saturated carbocycles. The number of rotatable bonds is 7. The van der Waals surface area contributed by atoms with Crippen LogP contribution < -0.4 is 5.32 Å². The van der Waals surface area contributed by atoms with Crippen LogP contribution in [0.3, 0.4) is 0 Å². The molecule has 1 aromatic heterocycles. The molecule has 1 aliphatic rings. The second kappa shape index (κ2) is 9.18. The highest BCUT2D eigenvalue weighted by Gasteiger charge is 2.44. The summed E-state index contributed by atoms with van der Waals surface area (Å²) in [6.45, 7) is 16.2. The average Bonchev–Trinajstić information content (AvgIpc) is 2.69. The van der Waals surface area contributed by atoms with E-state index in [-0.39, 0.29) is 11.6 Å².